The summed E-state index contributed by atoms with van der Waals surface area (Å²) in [5, 5.41) is 0. The molecule has 100 valence electrons. The molecule has 0 N–H and O–H groups in total. The normalized spacial score (nSPS) is 9.89. The fourth-order valence-electron chi connectivity index (χ4n) is 1.37. The first-order valence-electron chi connectivity index (χ1n) is 6.61. The fourth-order valence-corrected chi connectivity index (χ4v) is 1.37. The van der Waals surface area contributed by atoms with Gasteiger partial charge in [0, 0.05) is 11.6 Å². The van der Waals surface area contributed by atoms with Gasteiger partial charge in [0.05, 0.1) is 0 Å². The maximum Gasteiger partial charge on any atom is 0.211 e. The van der Waals surface area contributed by atoms with E-state index in [4.69, 9.17) is 0 Å². The smallest absolute Gasteiger partial charge is 0.202 e. The van der Waals surface area contributed by atoms with Gasteiger partial charge in [0.25, 0.3) is 0 Å². The summed E-state index contributed by atoms with van der Waals surface area (Å²) in [7, 11) is 1.96. The van der Waals surface area contributed by atoms with Crippen molar-refractivity contribution >= 4 is 5.71 Å². The highest BCUT2D eigenvalue weighted by molar-refractivity contribution is 6.05. The average molecular weight is 246 g/mol. The number of hydrogen-bond donors (Lipinski definition) is 0. The third kappa shape index (κ3) is 6.19. The predicted molar refractivity (Wildman–Crippen MR) is 84.6 cm³/mol. The second kappa shape index (κ2) is 11.8. The van der Waals surface area contributed by atoms with Gasteiger partial charge < -0.3 is 0 Å². The lowest BCUT2D eigenvalue weighted by molar-refractivity contribution is -0.420. The van der Waals surface area contributed by atoms with E-state index in [1.807, 2.05) is 51.5 Å². The minimum absolute atomic E-state index is 1.07. The monoisotopic (exact) mass is 246 g/mol. The van der Waals surface area contributed by atoms with E-state index >= 15 is 0 Å². The molecule has 0 saturated carbocycles. The van der Waals surface area contributed by atoms with Gasteiger partial charge in [0.2, 0.25) is 5.71 Å². The van der Waals surface area contributed by atoms with E-state index in [0.717, 1.165) is 5.71 Å². The molecule has 0 fully saturated rings. The number of rotatable bonds is 3. The summed E-state index contributed by atoms with van der Waals surface area (Å²) in [4.78, 5) is 0. The maximum atomic E-state index is 3.81. The van der Waals surface area contributed by atoms with Crippen molar-refractivity contribution in [3.63, 3.8) is 0 Å². The molecule has 1 aromatic carbocycles. The molecule has 0 aliphatic carbocycles. The van der Waals surface area contributed by atoms with Crippen molar-refractivity contribution < 1.29 is 4.58 Å². The van der Waals surface area contributed by atoms with E-state index < -0.39 is 0 Å². The van der Waals surface area contributed by atoms with Gasteiger partial charge in [-0.1, -0.05) is 52.0 Å². The third-order valence-corrected chi connectivity index (χ3v) is 2.16. The van der Waals surface area contributed by atoms with Crippen molar-refractivity contribution in [1.29, 1.82) is 0 Å². The van der Waals surface area contributed by atoms with E-state index in [1.165, 1.54) is 11.1 Å². The highest BCUT2D eigenvalue weighted by atomic mass is 14.9. The molecule has 0 heterocycles. The van der Waals surface area contributed by atoms with Crippen LogP contribution in [0.1, 0.15) is 38.8 Å². The van der Waals surface area contributed by atoms with Crippen molar-refractivity contribution in [1.82, 2.24) is 0 Å². The molecule has 18 heavy (non-hydrogen) atoms. The molecular weight excluding hydrogens is 218 g/mol. The van der Waals surface area contributed by atoms with Crippen molar-refractivity contribution in [2.75, 3.05) is 7.05 Å². The lowest BCUT2D eigenvalue weighted by Crippen LogP contribution is -2.10. The Morgan fingerprint density at radius 2 is 1.67 bits per heavy atom. The molecule has 1 rings (SSSR count). The van der Waals surface area contributed by atoms with Crippen LogP contribution in [0.15, 0.2) is 49.7 Å². The Labute approximate surface area is 113 Å². The number of hydrogen-bond acceptors (Lipinski definition) is 0. The molecule has 0 aliphatic rings. The van der Waals surface area contributed by atoms with Crippen LogP contribution >= 0.6 is 0 Å². The lowest BCUT2D eigenvalue weighted by Gasteiger charge is -2.00. The minimum Gasteiger partial charge on any atom is -0.202 e. The number of benzene rings is 1. The molecule has 0 radical (unpaired) electrons. The first kappa shape index (κ1) is 18.7. The van der Waals surface area contributed by atoms with E-state index in [-0.39, 0.29) is 0 Å². The number of nitrogens with zero attached hydrogens (tertiary/aromatic N) is 1. The predicted octanol–water partition coefficient (Wildman–Crippen LogP) is 4.81. The Bertz CT molecular complexity index is 386. The molecular formula is C17H28N+. The minimum atomic E-state index is 1.07. The zero-order valence-electron chi connectivity index (χ0n) is 12.8. The highest BCUT2D eigenvalue weighted by Gasteiger charge is 2.07. The van der Waals surface area contributed by atoms with Crippen LogP contribution in [0.25, 0.3) is 0 Å². The van der Waals surface area contributed by atoms with Gasteiger partial charge in [-0.3, -0.25) is 0 Å². The zero-order chi connectivity index (χ0) is 14.6. The van der Waals surface area contributed by atoms with Crippen molar-refractivity contribution in [2.45, 2.75) is 34.6 Å². The Kier molecular flexibility index (Phi) is 12.3. The molecule has 0 unspecified atom stereocenters. The molecule has 0 amide bonds. The van der Waals surface area contributed by atoms with Gasteiger partial charge in [-0.2, -0.15) is 0 Å². The van der Waals surface area contributed by atoms with E-state index in [0.29, 0.717) is 0 Å². The second-order valence-electron chi connectivity index (χ2n) is 3.25. The van der Waals surface area contributed by atoms with Crippen molar-refractivity contribution in [3.8, 4) is 0 Å². The topological polar surface area (TPSA) is 3.01 Å². The molecule has 1 heteroatoms. The van der Waals surface area contributed by atoms with Gasteiger partial charge in [-0.15, -0.1) is 0 Å². The van der Waals surface area contributed by atoms with E-state index in [1.54, 1.807) is 6.20 Å². The molecule has 0 bridgehead atoms. The largest absolute Gasteiger partial charge is 0.211 e. The zero-order valence-corrected chi connectivity index (χ0v) is 12.8. The summed E-state index contributed by atoms with van der Waals surface area (Å²) >= 11 is 0. The summed E-state index contributed by atoms with van der Waals surface area (Å²) < 4.78 is 1.96. The maximum absolute atomic E-state index is 3.81. The average Bonchev–Trinajstić information content (AvgIpc) is 2.44. The van der Waals surface area contributed by atoms with Crippen LogP contribution in [0.5, 0.6) is 0 Å². The summed E-state index contributed by atoms with van der Waals surface area (Å²) in [6, 6.07) is 8.34. The van der Waals surface area contributed by atoms with Crippen LogP contribution in [0.4, 0.5) is 0 Å². The Morgan fingerprint density at radius 1 is 1.11 bits per heavy atom. The Balaban J connectivity index is 0. The summed E-state index contributed by atoms with van der Waals surface area (Å²) in [5.74, 6) is 0. The van der Waals surface area contributed by atoms with Crippen LogP contribution in [-0.2, 0) is 0 Å². The van der Waals surface area contributed by atoms with Crippen molar-refractivity contribution in [3.05, 3.63) is 60.8 Å². The Hall–Kier alpha value is -1.63. The van der Waals surface area contributed by atoms with Gasteiger partial charge in [0.15, 0.2) is 6.20 Å². The molecule has 0 spiro atoms. The lowest BCUT2D eigenvalue weighted by atomic mass is 10.1. The first-order valence-corrected chi connectivity index (χ1v) is 6.61. The molecule has 0 saturated heterocycles. The van der Waals surface area contributed by atoms with Crippen LogP contribution < -0.4 is 0 Å². The van der Waals surface area contributed by atoms with Gasteiger partial charge >= 0.3 is 0 Å². The van der Waals surface area contributed by atoms with Gasteiger partial charge in [-0.05, 0) is 25.6 Å². The van der Waals surface area contributed by atoms with Gasteiger partial charge in [0.1, 0.15) is 7.05 Å². The molecule has 0 aliphatic heterocycles. The van der Waals surface area contributed by atoms with Crippen LogP contribution in [0.2, 0.25) is 0 Å². The van der Waals surface area contributed by atoms with Crippen LogP contribution in [0.3, 0.4) is 0 Å². The summed E-state index contributed by atoms with van der Waals surface area (Å²) in [5.41, 5.74) is 3.49. The summed E-state index contributed by atoms with van der Waals surface area (Å²) in [6.45, 7) is 17.6. The van der Waals surface area contributed by atoms with Crippen molar-refractivity contribution in [2.24, 2.45) is 0 Å². The molecule has 1 nitrogen and oxygen atoms in total. The van der Waals surface area contributed by atoms with Crippen LogP contribution in [0, 0.1) is 6.92 Å². The molecule has 0 atom stereocenters. The Morgan fingerprint density at radius 3 is 2.06 bits per heavy atom. The standard InChI is InChI=1S/C13H16N.2C2H6/c1-5-13(14(4)6-2)12-9-7-8-11(3)10-12;2*1-2/h5-10H,1-2H2,3-4H3;2*1-2H3/q+1;;. The van der Waals surface area contributed by atoms with E-state index in [9.17, 15) is 0 Å². The fraction of sp³-hybridized carbons (Fsp3) is 0.353. The number of aryl methyl sites for hydroxylation is 1. The molecule has 1 aromatic rings. The number of allylic oxidation sites excluding steroid dienone is 1. The van der Waals surface area contributed by atoms with Crippen LogP contribution in [-0.4, -0.2) is 17.3 Å². The van der Waals surface area contributed by atoms with E-state index in [2.05, 4.69) is 38.3 Å². The summed E-state index contributed by atoms with van der Waals surface area (Å²) in [6.07, 6.45) is 3.62. The molecule has 0 aromatic heterocycles. The highest BCUT2D eigenvalue weighted by Crippen LogP contribution is 2.06. The van der Waals surface area contributed by atoms with Gasteiger partial charge in [-0.25, -0.2) is 4.58 Å². The first-order chi connectivity index (χ1) is 8.69. The SMILES string of the molecule is C=CC(c1cccc(C)c1)=[N+](C)C=C.CC.CC. The third-order valence-electron chi connectivity index (χ3n) is 2.16. The second-order valence-corrected chi connectivity index (χ2v) is 3.25. The quantitative estimate of drug-likeness (QED) is 0.532.